The van der Waals surface area contributed by atoms with Gasteiger partial charge in [-0.2, -0.15) is 0 Å². The molecule has 0 saturated carbocycles. The summed E-state index contributed by atoms with van der Waals surface area (Å²) in [5.41, 5.74) is 0. The van der Waals surface area contributed by atoms with Crippen LogP contribution >= 0.6 is 15.6 Å². The van der Waals surface area contributed by atoms with Crippen LogP contribution in [0.25, 0.3) is 0 Å². The summed E-state index contributed by atoms with van der Waals surface area (Å²) in [5, 5.41) is 0. The Hall–Kier alpha value is 0.220. The fourth-order valence-corrected chi connectivity index (χ4v) is 4.57. The highest BCUT2D eigenvalue weighted by atomic mass is 31.2. The zero-order valence-corrected chi connectivity index (χ0v) is 23.9. The standard InChI is InChI=1S/C24H51O4P.H3O4P/c1-4-7-10-13-16-19-22-26-29(25,27-23-20-17-14-11-8-5-2)28-24-21-18-15-12-9-6-3;1-5(2,3)4/h4-24H2,1-3H3;(H3,1,2,3,4). The van der Waals surface area contributed by atoms with E-state index in [4.69, 9.17) is 32.8 Å². The molecule has 0 aromatic rings. The number of hydrogen-bond donors (Lipinski definition) is 3. The van der Waals surface area contributed by atoms with E-state index in [1.807, 2.05) is 0 Å². The Kier molecular flexibility index (Phi) is 28.1. The van der Waals surface area contributed by atoms with Crippen LogP contribution in [0.2, 0.25) is 0 Å². The summed E-state index contributed by atoms with van der Waals surface area (Å²) in [6.07, 6.45) is 21.3. The van der Waals surface area contributed by atoms with Crippen molar-refractivity contribution < 1.29 is 37.4 Å². The molecule has 0 aliphatic heterocycles. The minimum atomic E-state index is -4.64. The summed E-state index contributed by atoms with van der Waals surface area (Å²) in [5.74, 6) is 0. The Morgan fingerprint density at radius 2 is 0.647 bits per heavy atom. The predicted molar refractivity (Wildman–Crippen MR) is 140 cm³/mol. The van der Waals surface area contributed by atoms with Crippen molar-refractivity contribution in [3.05, 3.63) is 0 Å². The van der Waals surface area contributed by atoms with Crippen molar-refractivity contribution >= 4 is 15.6 Å². The number of phosphoric acid groups is 2. The molecule has 0 aromatic carbocycles. The van der Waals surface area contributed by atoms with Gasteiger partial charge in [0.25, 0.3) is 0 Å². The maximum Gasteiger partial charge on any atom is 0.474 e. The van der Waals surface area contributed by atoms with Gasteiger partial charge in [-0.15, -0.1) is 0 Å². The lowest BCUT2D eigenvalue weighted by atomic mass is 10.1. The van der Waals surface area contributed by atoms with Crippen LogP contribution in [0.15, 0.2) is 0 Å². The zero-order chi connectivity index (χ0) is 26.0. The molecule has 0 aliphatic rings. The van der Waals surface area contributed by atoms with Gasteiger partial charge in [0.05, 0.1) is 19.8 Å². The van der Waals surface area contributed by atoms with Crippen molar-refractivity contribution in [1.29, 1.82) is 0 Å². The molecule has 10 heteroatoms. The van der Waals surface area contributed by atoms with Gasteiger partial charge in [0, 0.05) is 0 Å². The Bertz CT molecular complexity index is 439. The van der Waals surface area contributed by atoms with E-state index in [2.05, 4.69) is 20.8 Å². The third-order valence-corrected chi connectivity index (χ3v) is 6.74. The van der Waals surface area contributed by atoms with E-state index in [0.717, 1.165) is 38.5 Å². The first kappa shape index (κ1) is 36.4. The smallest absolute Gasteiger partial charge is 0.303 e. The van der Waals surface area contributed by atoms with Crippen molar-refractivity contribution in [2.45, 2.75) is 136 Å². The lowest BCUT2D eigenvalue weighted by Gasteiger charge is -2.18. The van der Waals surface area contributed by atoms with Crippen molar-refractivity contribution in [2.75, 3.05) is 19.8 Å². The highest BCUT2D eigenvalue weighted by Gasteiger charge is 2.26. The number of hydrogen-bond acceptors (Lipinski definition) is 5. The number of unbranched alkanes of at least 4 members (excludes halogenated alkanes) is 15. The minimum Gasteiger partial charge on any atom is -0.303 e. The summed E-state index contributed by atoms with van der Waals surface area (Å²) in [6.45, 7) is 8.08. The van der Waals surface area contributed by atoms with Crippen LogP contribution in [-0.2, 0) is 22.7 Å². The lowest BCUT2D eigenvalue weighted by molar-refractivity contribution is 0.108. The van der Waals surface area contributed by atoms with Crippen LogP contribution in [-0.4, -0.2) is 34.5 Å². The molecular weight excluding hydrogens is 478 g/mol. The van der Waals surface area contributed by atoms with E-state index in [-0.39, 0.29) is 0 Å². The van der Waals surface area contributed by atoms with Crippen molar-refractivity contribution in [3.63, 3.8) is 0 Å². The third-order valence-electron chi connectivity index (χ3n) is 5.24. The van der Waals surface area contributed by atoms with Gasteiger partial charge in [-0.1, -0.05) is 117 Å². The first-order chi connectivity index (χ1) is 16.2. The average molecular weight is 533 g/mol. The molecule has 0 atom stereocenters. The van der Waals surface area contributed by atoms with Gasteiger partial charge in [0.15, 0.2) is 0 Å². The Morgan fingerprint density at radius 1 is 0.441 bits per heavy atom. The minimum absolute atomic E-state index is 0.469. The SMILES string of the molecule is CCCCCCCCOP(=O)(OCCCCCCCC)OCCCCCCCC.O=P(O)(O)O. The van der Waals surface area contributed by atoms with Crippen LogP contribution < -0.4 is 0 Å². The fourth-order valence-electron chi connectivity index (χ4n) is 3.29. The van der Waals surface area contributed by atoms with Crippen LogP contribution in [0.5, 0.6) is 0 Å². The van der Waals surface area contributed by atoms with E-state index in [1.54, 1.807) is 0 Å². The van der Waals surface area contributed by atoms with E-state index < -0.39 is 15.6 Å². The summed E-state index contributed by atoms with van der Waals surface area (Å²) >= 11 is 0. The largest absolute Gasteiger partial charge is 0.474 e. The molecule has 0 fully saturated rings. The predicted octanol–water partition coefficient (Wildman–Crippen LogP) is 8.30. The first-order valence-electron chi connectivity index (χ1n) is 13.5. The van der Waals surface area contributed by atoms with E-state index >= 15 is 0 Å². The second kappa shape index (κ2) is 26.3. The molecule has 3 N–H and O–H groups in total. The van der Waals surface area contributed by atoms with Gasteiger partial charge in [0.2, 0.25) is 0 Å². The van der Waals surface area contributed by atoms with E-state index in [9.17, 15) is 4.57 Å². The molecular formula is C24H54O8P2. The second-order valence-corrected chi connectivity index (χ2v) is 11.5. The van der Waals surface area contributed by atoms with Gasteiger partial charge < -0.3 is 14.7 Å². The van der Waals surface area contributed by atoms with E-state index in [1.165, 1.54) is 77.0 Å². The zero-order valence-electron chi connectivity index (χ0n) is 22.1. The second-order valence-electron chi connectivity index (χ2n) is 8.76. The Balaban J connectivity index is 0. The summed E-state index contributed by atoms with van der Waals surface area (Å²) < 4.78 is 38.7. The fraction of sp³-hybridized carbons (Fsp3) is 1.00. The molecule has 0 aliphatic carbocycles. The monoisotopic (exact) mass is 532 g/mol. The summed E-state index contributed by atoms with van der Waals surface area (Å²) in [7, 11) is -8.04. The molecule has 0 heterocycles. The van der Waals surface area contributed by atoms with Crippen molar-refractivity contribution in [2.24, 2.45) is 0 Å². The average Bonchev–Trinajstić information content (AvgIpc) is 2.76. The lowest BCUT2D eigenvalue weighted by Crippen LogP contribution is -2.04. The molecule has 0 rings (SSSR count). The molecule has 0 saturated heterocycles. The highest BCUT2D eigenvalue weighted by Crippen LogP contribution is 2.50. The van der Waals surface area contributed by atoms with Gasteiger partial charge >= 0.3 is 15.6 Å². The van der Waals surface area contributed by atoms with Crippen molar-refractivity contribution in [3.8, 4) is 0 Å². The van der Waals surface area contributed by atoms with E-state index in [0.29, 0.717) is 19.8 Å². The van der Waals surface area contributed by atoms with Crippen LogP contribution in [0.4, 0.5) is 0 Å². The molecule has 0 aromatic heterocycles. The summed E-state index contributed by atoms with van der Waals surface area (Å²) in [6, 6.07) is 0. The van der Waals surface area contributed by atoms with Crippen LogP contribution in [0.3, 0.4) is 0 Å². The maximum atomic E-state index is 13.0. The molecule has 208 valence electrons. The number of phosphoric ester groups is 1. The maximum absolute atomic E-state index is 13.0. The Labute approximate surface area is 209 Å². The molecule has 0 spiro atoms. The molecule has 8 nitrogen and oxygen atoms in total. The van der Waals surface area contributed by atoms with Crippen LogP contribution in [0, 0.1) is 0 Å². The summed E-state index contributed by atoms with van der Waals surface area (Å²) in [4.78, 5) is 21.6. The molecule has 34 heavy (non-hydrogen) atoms. The number of rotatable bonds is 24. The molecule has 0 unspecified atom stereocenters. The normalized spacial score (nSPS) is 11.9. The van der Waals surface area contributed by atoms with Gasteiger partial charge in [-0.3, -0.25) is 13.6 Å². The molecule has 0 radical (unpaired) electrons. The third kappa shape index (κ3) is 34.4. The Morgan fingerprint density at radius 3 is 0.882 bits per heavy atom. The first-order valence-corrected chi connectivity index (χ1v) is 16.5. The topological polar surface area (TPSA) is 123 Å². The molecule has 0 bridgehead atoms. The van der Waals surface area contributed by atoms with Crippen LogP contribution in [0.1, 0.15) is 136 Å². The quantitative estimate of drug-likeness (QED) is 0.0838. The molecule has 0 amide bonds. The van der Waals surface area contributed by atoms with Gasteiger partial charge in [-0.25, -0.2) is 9.13 Å². The van der Waals surface area contributed by atoms with Gasteiger partial charge in [0.1, 0.15) is 0 Å². The van der Waals surface area contributed by atoms with Crippen molar-refractivity contribution in [1.82, 2.24) is 0 Å². The van der Waals surface area contributed by atoms with Gasteiger partial charge in [-0.05, 0) is 19.3 Å². The highest BCUT2D eigenvalue weighted by molar-refractivity contribution is 7.48.